The molecule has 1 aliphatic rings. The van der Waals surface area contributed by atoms with E-state index in [1.54, 1.807) is 18.3 Å². The Hall–Kier alpha value is -2.04. The molecule has 0 spiro atoms. The SMILES string of the molecule is O=S(=O)(Nc1cccnc1-n1cncn1)N1CCNCC1. The Balaban J connectivity index is 1.88. The van der Waals surface area contributed by atoms with Gasteiger partial charge in [-0.1, -0.05) is 0 Å². The van der Waals surface area contributed by atoms with Crippen molar-refractivity contribution < 1.29 is 8.42 Å². The lowest BCUT2D eigenvalue weighted by Crippen LogP contribution is -2.48. The van der Waals surface area contributed by atoms with Crippen molar-refractivity contribution in [1.82, 2.24) is 29.4 Å². The minimum atomic E-state index is -3.61. The zero-order valence-corrected chi connectivity index (χ0v) is 12.0. The third kappa shape index (κ3) is 3.01. The molecule has 1 aliphatic heterocycles. The highest BCUT2D eigenvalue weighted by molar-refractivity contribution is 7.90. The monoisotopic (exact) mass is 309 g/mol. The predicted molar refractivity (Wildman–Crippen MR) is 76.1 cm³/mol. The molecule has 0 radical (unpaired) electrons. The van der Waals surface area contributed by atoms with Crippen LogP contribution < -0.4 is 10.0 Å². The molecule has 2 aromatic heterocycles. The van der Waals surface area contributed by atoms with E-state index in [1.165, 1.54) is 21.6 Å². The standard InChI is InChI=1S/C11H15N7O2S/c19-21(20,17-6-4-12-5-7-17)16-10-2-1-3-14-11(10)18-9-13-8-15-18/h1-3,8-9,12,16H,4-7H2. The van der Waals surface area contributed by atoms with Crippen LogP contribution in [0.4, 0.5) is 5.69 Å². The largest absolute Gasteiger partial charge is 0.314 e. The van der Waals surface area contributed by atoms with Gasteiger partial charge in [-0.2, -0.15) is 17.8 Å². The van der Waals surface area contributed by atoms with Gasteiger partial charge in [-0.25, -0.2) is 14.6 Å². The highest BCUT2D eigenvalue weighted by atomic mass is 32.2. The average Bonchev–Trinajstić information content (AvgIpc) is 3.02. The van der Waals surface area contributed by atoms with Crippen LogP contribution in [0.1, 0.15) is 0 Å². The summed E-state index contributed by atoms with van der Waals surface area (Å²) in [6.45, 7) is 2.16. The first kappa shape index (κ1) is 13.9. The summed E-state index contributed by atoms with van der Waals surface area (Å²) in [4.78, 5) is 8.00. The second-order valence-corrected chi connectivity index (χ2v) is 6.14. The number of nitrogens with one attached hydrogen (secondary N) is 2. The van der Waals surface area contributed by atoms with Crippen molar-refractivity contribution in [3.05, 3.63) is 31.0 Å². The van der Waals surface area contributed by atoms with Crippen LogP contribution in [0, 0.1) is 0 Å². The van der Waals surface area contributed by atoms with E-state index in [0.717, 1.165) is 0 Å². The van der Waals surface area contributed by atoms with Gasteiger partial charge in [0.15, 0.2) is 5.82 Å². The molecule has 1 fully saturated rings. The zero-order valence-electron chi connectivity index (χ0n) is 11.2. The maximum absolute atomic E-state index is 12.4. The van der Waals surface area contributed by atoms with E-state index in [1.807, 2.05) is 0 Å². The molecular weight excluding hydrogens is 294 g/mol. The molecule has 3 rings (SSSR count). The summed E-state index contributed by atoms with van der Waals surface area (Å²) in [5.74, 6) is 0.383. The Bertz CT molecular complexity index is 695. The second-order valence-electron chi connectivity index (χ2n) is 4.47. The van der Waals surface area contributed by atoms with Crippen LogP contribution in [0.25, 0.3) is 5.82 Å². The second kappa shape index (κ2) is 5.76. The van der Waals surface area contributed by atoms with Gasteiger partial charge in [0.25, 0.3) is 0 Å². The molecule has 0 saturated carbocycles. The van der Waals surface area contributed by atoms with Crippen LogP contribution in [-0.4, -0.2) is 58.7 Å². The van der Waals surface area contributed by atoms with Crippen LogP contribution in [0.2, 0.25) is 0 Å². The average molecular weight is 309 g/mol. The van der Waals surface area contributed by atoms with Gasteiger partial charge < -0.3 is 5.32 Å². The topological polar surface area (TPSA) is 105 Å². The molecule has 2 N–H and O–H groups in total. The molecule has 0 bridgehead atoms. The number of hydrogen-bond donors (Lipinski definition) is 2. The Morgan fingerprint density at radius 1 is 1.29 bits per heavy atom. The van der Waals surface area contributed by atoms with Crippen LogP contribution >= 0.6 is 0 Å². The molecule has 0 atom stereocenters. The van der Waals surface area contributed by atoms with Gasteiger partial charge in [-0.3, -0.25) is 4.72 Å². The highest BCUT2D eigenvalue weighted by Crippen LogP contribution is 2.18. The predicted octanol–water partition coefficient (Wildman–Crippen LogP) is -0.776. The van der Waals surface area contributed by atoms with Crippen molar-refractivity contribution in [1.29, 1.82) is 0 Å². The Kier molecular flexibility index (Phi) is 3.82. The van der Waals surface area contributed by atoms with Crippen LogP contribution in [0.15, 0.2) is 31.0 Å². The normalized spacial score (nSPS) is 16.8. The lowest BCUT2D eigenvalue weighted by atomic mass is 10.4. The smallest absolute Gasteiger partial charge is 0.301 e. The summed E-state index contributed by atoms with van der Waals surface area (Å²) >= 11 is 0. The van der Waals surface area contributed by atoms with E-state index in [0.29, 0.717) is 37.7 Å². The number of pyridine rings is 1. The van der Waals surface area contributed by atoms with Gasteiger partial charge in [-0.15, -0.1) is 0 Å². The fourth-order valence-electron chi connectivity index (χ4n) is 2.06. The van der Waals surface area contributed by atoms with E-state index < -0.39 is 10.2 Å². The first-order valence-electron chi connectivity index (χ1n) is 6.45. The van der Waals surface area contributed by atoms with Crippen molar-refractivity contribution in [2.45, 2.75) is 0 Å². The maximum Gasteiger partial charge on any atom is 0.301 e. The molecule has 0 aromatic carbocycles. The molecule has 0 amide bonds. The van der Waals surface area contributed by atoms with Crippen molar-refractivity contribution in [2.24, 2.45) is 0 Å². The minimum Gasteiger partial charge on any atom is -0.314 e. The number of nitrogens with zero attached hydrogens (tertiary/aromatic N) is 5. The fourth-order valence-corrected chi connectivity index (χ4v) is 3.29. The van der Waals surface area contributed by atoms with E-state index in [2.05, 4.69) is 25.1 Å². The van der Waals surface area contributed by atoms with Gasteiger partial charge in [0, 0.05) is 32.4 Å². The lowest BCUT2D eigenvalue weighted by molar-refractivity contribution is 0.362. The Morgan fingerprint density at radius 3 is 2.81 bits per heavy atom. The maximum atomic E-state index is 12.4. The molecule has 10 heteroatoms. The Labute approximate surface area is 122 Å². The summed E-state index contributed by atoms with van der Waals surface area (Å²) in [7, 11) is -3.61. The third-order valence-electron chi connectivity index (χ3n) is 3.08. The Morgan fingerprint density at radius 2 is 2.10 bits per heavy atom. The quantitative estimate of drug-likeness (QED) is 0.768. The van der Waals surface area contributed by atoms with Crippen LogP contribution in [-0.2, 0) is 10.2 Å². The van der Waals surface area contributed by atoms with E-state index >= 15 is 0 Å². The number of anilines is 1. The van der Waals surface area contributed by atoms with Gasteiger partial charge >= 0.3 is 10.2 Å². The van der Waals surface area contributed by atoms with Gasteiger partial charge in [0.05, 0.1) is 5.69 Å². The molecule has 0 unspecified atom stereocenters. The third-order valence-corrected chi connectivity index (χ3v) is 4.60. The number of piperazine rings is 1. The minimum absolute atomic E-state index is 0.363. The fraction of sp³-hybridized carbons (Fsp3) is 0.364. The lowest BCUT2D eigenvalue weighted by Gasteiger charge is -2.27. The number of hydrogen-bond acceptors (Lipinski definition) is 6. The first-order valence-corrected chi connectivity index (χ1v) is 7.89. The number of rotatable bonds is 4. The molecule has 9 nitrogen and oxygen atoms in total. The first-order chi connectivity index (χ1) is 10.2. The van der Waals surface area contributed by atoms with Gasteiger partial charge in [0.1, 0.15) is 12.7 Å². The molecule has 3 heterocycles. The summed E-state index contributed by atoms with van der Waals surface area (Å²) in [5.41, 5.74) is 0.363. The van der Waals surface area contributed by atoms with E-state index in [-0.39, 0.29) is 0 Å². The van der Waals surface area contributed by atoms with Crippen LogP contribution in [0.3, 0.4) is 0 Å². The van der Waals surface area contributed by atoms with Crippen molar-refractivity contribution in [3.63, 3.8) is 0 Å². The molecular formula is C11H15N7O2S. The molecule has 1 saturated heterocycles. The van der Waals surface area contributed by atoms with Crippen molar-refractivity contribution in [3.8, 4) is 5.82 Å². The van der Waals surface area contributed by atoms with Gasteiger partial charge in [0.2, 0.25) is 0 Å². The zero-order chi connectivity index (χ0) is 14.7. The number of aromatic nitrogens is 4. The summed E-state index contributed by atoms with van der Waals surface area (Å²) < 4.78 is 30.2. The van der Waals surface area contributed by atoms with Crippen molar-refractivity contribution in [2.75, 3.05) is 30.9 Å². The molecule has 2 aromatic rings. The van der Waals surface area contributed by atoms with Crippen LogP contribution in [0.5, 0.6) is 0 Å². The summed E-state index contributed by atoms with van der Waals surface area (Å²) in [6, 6.07) is 3.31. The van der Waals surface area contributed by atoms with Gasteiger partial charge in [-0.05, 0) is 12.1 Å². The summed E-state index contributed by atoms with van der Waals surface area (Å²) in [5, 5.41) is 7.09. The molecule has 112 valence electrons. The summed E-state index contributed by atoms with van der Waals surface area (Å²) in [6.07, 6.45) is 4.40. The van der Waals surface area contributed by atoms with E-state index in [4.69, 9.17) is 0 Å². The van der Waals surface area contributed by atoms with Crippen molar-refractivity contribution >= 4 is 15.9 Å². The van der Waals surface area contributed by atoms with E-state index in [9.17, 15) is 8.42 Å². The molecule has 0 aliphatic carbocycles. The highest BCUT2D eigenvalue weighted by Gasteiger charge is 2.24. The molecule has 21 heavy (non-hydrogen) atoms.